The van der Waals surface area contributed by atoms with E-state index < -0.39 is 25.7 Å². The molecule has 1 aliphatic heterocycles. The Kier molecular flexibility index (Phi) is 12.8. The Hall–Kier alpha value is -6.13. The molecule has 0 radical (unpaired) electrons. The van der Waals surface area contributed by atoms with Crippen molar-refractivity contribution < 1.29 is 33.3 Å². The molecule has 18 heteroatoms. The van der Waals surface area contributed by atoms with Crippen LogP contribution in [0.3, 0.4) is 0 Å². The van der Waals surface area contributed by atoms with Gasteiger partial charge in [-0.25, -0.2) is 14.6 Å². The van der Waals surface area contributed by atoms with E-state index in [1.807, 2.05) is 53.1 Å². The molecule has 62 heavy (non-hydrogen) atoms. The third kappa shape index (κ3) is 9.81. The predicted molar refractivity (Wildman–Crippen MR) is 241 cm³/mol. The summed E-state index contributed by atoms with van der Waals surface area (Å²) in [5.74, 6) is -0.603. The van der Waals surface area contributed by atoms with Gasteiger partial charge >= 0.3 is 12.1 Å². The van der Waals surface area contributed by atoms with Gasteiger partial charge in [-0.15, -0.1) is 4.68 Å². The van der Waals surface area contributed by atoms with E-state index in [4.69, 9.17) is 29.7 Å². The lowest BCUT2D eigenvalue weighted by molar-refractivity contribution is 0.0518. The quantitative estimate of drug-likeness (QED) is 0.0705. The van der Waals surface area contributed by atoms with E-state index in [1.54, 1.807) is 45.0 Å². The highest BCUT2D eigenvalue weighted by atomic mass is 32.1. The van der Waals surface area contributed by atoms with Crippen molar-refractivity contribution in [3.63, 3.8) is 0 Å². The zero-order valence-electron chi connectivity index (χ0n) is 35.7. The highest BCUT2D eigenvalue weighted by Crippen LogP contribution is 2.34. The molecule has 3 aromatic carbocycles. The van der Waals surface area contributed by atoms with Gasteiger partial charge in [0.15, 0.2) is 21.4 Å². The minimum Gasteiger partial charge on any atom is -0.488 e. The lowest BCUT2D eigenvalue weighted by Gasteiger charge is -2.29. The summed E-state index contributed by atoms with van der Waals surface area (Å²) >= 11 is 2.77. The molecule has 0 saturated heterocycles. The number of carbonyl (C=O) groups excluding carboxylic acids is 3. The third-order valence-electron chi connectivity index (χ3n) is 9.94. The van der Waals surface area contributed by atoms with E-state index in [0.717, 1.165) is 32.1 Å². The van der Waals surface area contributed by atoms with Crippen LogP contribution >= 0.6 is 22.7 Å². The molecule has 0 spiro atoms. The zero-order valence-corrected chi connectivity index (χ0v) is 38.3. The Morgan fingerprint density at radius 1 is 1.02 bits per heavy atom. The van der Waals surface area contributed by atoms with Gasteiger partial charge in [-0.3, -0.25) is 9.36 Å². The molecule has 0 unspecified atom stereocenters. The summed E-state index contributed by atoms with van der Waals surface area (Å²) in [6.07, 6.45) is -0.142. The number of amides is 1. The van der Waals surface area contributed by atoms with Crippen LogP contribution in [-0.2, 0) is 40.5 Å². The zero-order chi connectivity index (χ0) is 44.3. The van der Waals surface area contributed by atoms with E-state index >= 15 is 0 Å². The van der Waals surface area contributed by atoms with Crippen molar-refractivity contribution in [1.29, 1.82) is 5.26 Å². The first kappa shape index (κ1) is 43.9. The highest BCUT2D eigenvalue weighted by molar-refractivity contribution is 7.16. The number of anilines is 2. The average Bonchev–Trinajstić information content (AvgIpc) is 3.93. The van der Waals surface area contributed by atoms with Gasteiger partial charge in [0.1, 0.15) is 42.0 Å². The molecule has 2 N–H and O–H groups in total. The Morgan fingerprint density at radius 3 is 2.48 bits per heavy atom. The fourth-order valence-corrected chi connectivity index (χ4v) is 9.49. The van der Waals surface area contributed by atoms with E-state index in [1.165, 1.54) is 29.8 Å². The molecule has 7 rings (SSSR count). The van der Waals surface area contributed by atoms with Crippen LogP contribution in [0.25, 0.3) is 21.5 Å². The summed E-state index contributed by atoms with van der Waals surface area (Å²) < 4.78 is 26.6. The number of rotatable bonds is 12. The number of fused-ring (bicyclic) bond motifs is 2. The maximum absolute atomic E-state index is 14.1. The number of esters is 1. The van der Waals surface area contributed by atoms with Crippen molar-refractivity contribution in [2.45, 2.75) is 78.4 Å². The van der Waals surface area contributed by atoms with Crippen LogP contribution in [0.1, 0.15) is 63.2 Å². The second-order valence-electron chi connectivity index (χ2n) is 16.8. The fourth-order valence-electron chi connectivity index (χ4n) is 6.73. The largest absolute Gasteiger partial charge is 0.488 e. The van der Waals surface area contributed by atoms with Gasteiger partial charge in [0.05, 0.1) is 22.2 Å². The van der Waals surface area contributed by atoms with Crippen molar-refractivity contribution in [1.82, 2.24) is 19.3 Å². The topological polar surface area (TPSA) is 189 Å². The number of benzene rings is 3. The average molecular weight is 893 g/mol. The number of hydrogen-bond donors (Lipinski definition) is 1. The second kappa shape index (κ2) is 18.1. The summed E-state index contributed by atoms with van der Waals surface area (Å²) in [5, 5.41) is 14.7. The smallest absolute Gasteiger partial charge is 0.437 e. The van der Waals surface area contributed by atoms with Crippen LogP contribution in [0, 0.1) is 11.3 Å². The Balaban J connectivity index is 1.09. The van der Waals surface area contributed by atoms with Crippen molar-refractivity contribution in [2.75, 3.05) is 30.9 Å². The number of nitrogens with two attached hydrogens (primary N) is 1. The van der Waals surface area contributed by atoms with Crippen molar-refractivity contribution in [2.24, 2.45) is 4.99 Å². The summed E-state index contributed by atoms with van der Waals surface area (Å²) in [7, 11) is 0.0202. The summed E-state index contributed by atoms with van der Waals surface area (Å²) in [4.78, 5) is 52.4. The number of carbonyl (C=O) groups is 3. The first-order valence-corrected chi connectivity index (χ1v) is 25.3. The van der Waals surface area contributed by atoms with E-state index in [9.17, 15) is 19.6 Å². The van der Waals surface area contributed by atoms with Crippen molar-refractivity contribution >= 4 is 69.9 Å². The maximum atomic E-state index is 14.1. The SMILES string of the molecule is COC(=O)c1nc(N2CCc3cccc(C(=O)N=c4sc5ccccc5n4COCC[Si](C)(C)C)c3C2)sc1COc1ccc(-c2nn(C(=O)OC(C)(C)C)c(N)c2C#N)cc1. The maximum Gasteiger partial charge on any atom is 0.437 e. The first-order chi connectivity index (χ1) is 29.5. The van der Waals surface area contributed by atoms with E-state index in [2.05, 4.69) is 34.6 Å². The standard InChI is InChI=1S/C44H48N8O7S2Si/c1-44(2,3)59-43(55)52-38(46)31(23-45)36(49-52)28-15-17-29(18-16-28)58-25-35-37(40(54)56-4)47-41(61-35)50-20-19-27-11-10-12-30(32(27)24-50)39(53)48-42-51(26-57-21-22-62(5,6)7)33-13-8-9-14-34(33)60-42/h8-18H,19-22,24-26,46H2,1-7H3. The minimum atomic E-state index is -1.28. The van der Waals surface area contributed by atoms with Crippen molar-refractivity contribution in [3.05, 3.63) is 104 Å². The third-order valence-corrected chi connectivity index (χ3v) is 13.8. The van der Waals surface area contributed by atoms with E-state index in [-0.39, 0.29) is 35.3 Å². The molecule has 1 amide bonds. The molecule has 4 heterocycles. The Morgan fingerprint density at radius 2 is 1.77 bits per heavy atom. The molecule has 3 aromatic heterocycles. The lowest BCUT2D eigenvalue weighted by Crippen LogP contribution is -2.31. The monoisotopic (exact) mass is 892 g/mol. The number of thiazole rings is 2. The number of nitrogens with zero attached hydrogens (tertiary/aromatic N) is 7. The molecule has 6 aromatic rings. The van der Waals surface area contributed by atoms with Crippen LogP contribution < -0.4 is 20.2 Å². The van der Waals surface area contributed by atoms with Gasteiger partial charge < -0.3 is 29.6 Å². The summed E-state index contributed by atoms with van der Waals surface area (Å²) in [5.41, 5.74) is 9.63. The number of nitrogen functional groups attached to an aromatic ring is 1. The fraction of sp³-hybridized carbons (Fsp3) is 0.341. The molecule has 0 saturated carbocycles. The number of hydrogen-bond acceptors (Lipinski definition) is 14. The molecular formula is C44H48N8O7S2Si. The van der Waals surface area contributed by atoms with Crippen LogP contribution in [0.5, 0.6) is 5.75 Å². The van der Waals surface area contributed by atoms with Gasteiger partial charge in [0.25, 0.3) is 5.91 Å². The Bertz CT molecular complexity index is 2770. The van der Waals surface area contributed by atoms with Gasteiger partial charge in [0, 0.05) is 38.9 Å². The van der Waals surface area contributed by atoms with Crippen LogP contribution in [0.15, 0.2) is 71.7 Å². The van der Waals surface area contributed by atoms with Gasteiger partial charge in [-0.2, -0.15) is 15.4 Å². The molecule has 0 bridgehead atoms. The summed E-state index contributed by atoms with van der Waals surface area (Å²) in [6.45, 7) is 14.0. The van der Waals surface area contributed by atoms with Crippen molar-refractivity contribution in [3.8, 4) is 23.1 Å². The summed E-state index contributed by atoms with van der Waals surface area (Å²) in [6, 6.07) is 23.5. The molecular weight excluding hydrogens is 845 g/mol. The minimum absolute atomic E-state index is 0.00911. The molecule has 1 aliphatic rings. The van der Waals surface area contributed by atoms with Gasteiger partial charge in [0.2, 0.25) is 0 Å². The molecule has 322 valence electrons. The molecule has 0 atom stereocenters. The highest BCUT2D eigenvalue weighted by Gasteiger charge is 2.28. The molecule has 0 aliphatic carbocycles. The molecule has 0 fully saturated rings. The van der Waals surface area contributed by atoms with Crippen LogP contribution in [0.2, 0.25) is 25.7 Å². The van der Waals surface area contributed by atoms with Crippen LogP contribution in [-0.4, -0.2) is 71.2 Å². The number of aromatic nitrogens is 4. The lowest BCUT2D eigenvalue weighted by atomic mass is 9.95. The molecule has 15 nitrogen and oxygen atoms in total. The van der Waals surface area contributed by atoms with E-state index in [0.29, 0.717) is 64.5 Å². The number of ether oxygens (including phenoxy) is 4. The normalized spacial score (nSPS) is 13.2. The number of para-hydroxylation sites is 1. The van der Waals surface area contributed by atoms with Gasteiger partial charge in [-0.05, 0) is 86.8 Å². The number of nitriles is 1. The number of methoxy groups -OCH3 is 1. The Labute approximate surface area is 368 Å². The predicted octanol–water partition coefficient (Wildman–Crippen LogP) is 8.24. The second-order valence-corrected chi connectivity index (χ2v) is 24.5. The van der Waals surface area contributed by atoms with Gasteiger partial charge in [-0.1, -0.05) is 66.6 Å². The van der Waals surface area contributed by atoms with Crippen LogP contribution in [0.4, 0.5) is 15.7 Å². The first-order valence-electron chi connectivity index (χ1n) is 20.0.